The van der Waals surface area contributed by atoms with Crippen LogP contribution in [0.15, 0.2) is 97.7 Å². The minimum Gasteiger partial charge on any atom is -0.744 e. The number of azo groups is 1. The van der Waals surface area contributed by atoms with Crippen molar-refractivity contribution >= 4 is 101 Å². The molecule has 5 rings (SSSR count). The Balaban J connectivity index is 0.00000348. The summed E-state index contributed by atoms with van der Waals surface area (Å²) in [5.41, 5.74) is 0.369. The van der Waals surface area contributed by atoms with Gasteiger partial charge in [-0.15, -0.1) is 9.45 Å². The maximum absolute atomic E-state index is 12.5. The molecule has 0 aliphatic rings. The van der Waals surface area contributed by atoms with Crippen LogP contribution in [0.2, 0.25) is 5.28 Å². The van der Waals surface area contributed by atoms with Crippen LogP contribution in [0.3, 0.4) is 0 Å². The second kappa shape index (κ2) is 23.3. The number of para-hydroxylation sites is 1. The number of benzene rings is 4. The summed E-state index contributed by atoms with van der Waals surface area (Å²) >= 11 is 6.68. The zero-order valence-electron chi connectivity index (χ0n) is 28.4. The minimum absolute atomic E-state index is 0. The van der Waals surface area contributed by atoms with Gasteiger partial charge in [0, 0.05) is 11.1 Å². The predicted octanol–water partition coefficient (Wildman–Crippen LogP) is -4.99. The van der Waals surface area contributed by atoms with Gasteiger partial charge >= 0.3 is 88.7 Å². The molecule has 0 atom stereocenters. The molecule has 0 spiro atoms. The Kier molecular flexibility index (Phi) is 21.2. The van der Waals surface area contributed by atoms with E-state index in [-0.39, 0.29) is 163 Å². The number of hydrogen-bond donors (Lipinski definition) is 3. The van der Waals surface area contributed by atoms with E-state index in [4.69, 9.17) is 15.8 Å². The van der Waals surface area contributed by atoms with Crippen LogP contribution in [0.1, 0.15) is 0 Å². The number of fused-ring (bicyclic) bond motifs is 1. The van der Waals surface area contributed by atoms with Gasteiger partial charge in [-0.05, 0) is 77.7 Å². The smallest absolute Gasteiger partial charge is 0.744 e. The largest absolute Gasteiger partial charge is 1.00 e. The molecule has 0 saturated heterocycles. The quantitative estimate of drug-likeness (QED) is 0.0150. The number of anilines is 4. The number of halogens is 1. The molecule has 5 aromatic rings. The fourth-order valence-corrected chi connectivity index (χ4v) is 6.99. The number of aromatic hydroxyl groups is 1. The van der Waals surface area contributed by atoms with Gasteiger partial charge in [0.1, 0.15) is 15.8 Å². The Morgan fingerprint density at radius 3 is 2.18 bits per heavy atom. The number of aromatic nitrogens is 3. The fourth-order valence-electron chi connectivity index (χ4n) is 4.29. The number of phenols is 1. The average molecular weight is 882 g/mol. The van der Waals surface area contributed by atoms with E-state index in [1.807, 2.05) is 0 Å². The zero-order valence-corrected chi connectivity index (χ0v) is 38.5. The first kappa shape index (κ1) is 49.9. The van der Waals surface area contributed by atoms with Crippen LogP contribution >= 0.6 is 36.0 Å². The van der Waals surface area contributed by atoms with Crippen molar-refractivity contribution in [3.05, 3.63) is 78.1 Å². The Bertz CT molecular complexity index is 2320. The van der Waals surface area contributed by atoms with E-state index in [2.05, 4.69) is 54.6 Å². The molecule has 1 aromatic heterocycles. The summed E-state index contributed by atoms with van der Waals surface area (Å²) in [6.45, 7) is -0.299. The van der Waals surface area contributed by atoms with E-state index >= 15 is 0 Å². The van der Waals surface area contributed by atoms with E-state index in [0.29, 0.717) is 23.1 Å². The van der Waals surface area contributed by atoms with Crippen molar-refractivity contribution in [3.8, 4) is 5.75 Å². The number of nitrogens with one attached hydrogen (secondary N) is 2. The number of hydrogen-bond acceptors (Lipinski definition) is 22. The summed E-state index contributed by atoms with van der Waals surface area (Å²) in [6, 6.07) is 16.7. The summed E-state index contributed by atoms with van der Waals surface area (Å²) in [4.78, 5) is 11.6. The maximum Gasteiger partial charge on any atom is 1.00 e. The number of phenolic OH excluding ortho intramolecular Hbond substituents is 1. The molecule has 0 aliphatic heterocycles. The third kappa shape index (κ3) is 14.2. The van der Waals surface area contributed by atoms with E-state index in [1.165, 1.54) is 54.6 Å². The Hall–Kier alpha value is -1.28. The van der Waals surface area contributed by atoms with Crippen LogP contribution in [0.4, 0.5) is 34.6 Å². The number of nitrogens with zero attached hydrogens (tertiary/aromatic N) is 5. The molecule has 0 aliphatic carbocycles. The topological polar surface area (TPSA) is 291 Å². The maximum atomic E-state index is 12.5. The molecule has 20 nitrogen and oxygen atoms in total. The first-order valence-corrected chi connectivity index (χ1v) is 18.7. The monoisotopic (exact) mass is 881 g/mol. The SMILES string of the molecule is O=S(=O)([O-])c1ccccc1Nc1nc(Cl)nc(Nc2ccc3c(O)c(N=Nc4ccc(S(=O)(=O)CCOSOO[O-])cc4)c(SOO[O-])cc3c2)n1.[Na+].[Na+].[Na+]. The summed E-state index contributed by atoms with van der Waals surface area (Å²) in [5, 5.41) is 52.2. The summed E-state index contributed by atoms with van der Waals surface area (Å²) in [7, 11) is -8.60. The van der Waals surface area contributed by atoms with Gasteiger partial charge in [0.15, 0.2) is 27.9 Å². The molecule has 0 radical (unpaired) electrons. The molecule has 274 valence electrons. The second-order valence-electron chi connectivity index (χ2n) is 9.72. The number of rotatable bonds is 17. The van der Waals surface area contributed by atoms with Crippen molar-refractivity contribution in [3.63, 3.8) is 0 Å². The van der Waals surface area contributed by atoms with Gasteiger partial charge in [0.2, 0.25) is 17.2 Å². The third-order valence-electron chi connectivity index (χ3n) is 6.47. The van der Waals surface area contributed by atoms with Gasteiger partial charge in [-0.2, -0.15) is 24.4 Å². The molecule has 0 fully saturated rings. The van der Waals surface area contributed by atoms with Crippen molar-refractivity contribution in [1.82, 2.24) is 15.0 Å². The van der Waals surface area contributed by atoms with Gasteiger partial charge in [0.05, 0.1) is 50.5 Å². The van der Waals surface area contributed by atoms with Crippen LogP contribution in [0.5, 0.6) is 5.75 Å². The summed E-state index contributed by atoms with van der Waals surface area (Å²) < 4.78 is 73.1. The van der Waals surface area contributed by atoms with Crippen molar-refractivity contribution in [2.24, 2.45) is 10.2 Å². The minimum atomic E-state index is -4.83. The van der Waals surface area contributed by atoms with Gasteiger partial charge in [-0.3, -0.25) is 14.3 Å². The third-order valence-corrected chi connectivity index (χ3v) is 10.2. The van der Waals surface area contributed by atoms with Gasteiger partial charge in [0.25, 0.3) is 0 Å². The van der Waals surface area contributed by atoms with E-state index < -0.39 is 30.6 Å². The van der Waals surface area contributed by atoms with E-state index in [1.54, 1.807) is 12.1 Å². The molecule has 0 amide bonds. The van der Waals surface area contributed by atoms with Crippen LogP contribution in [0.25, 0.3) is 10.8 Å². The predicted molar refractivity (Wildman–Crippen MR) is 178 cm³/mol. The summed E-state index contributed by atoms with van der Waals surface area (Å²) in [5.74, 6) is -1.05. The normalized spacial score (nSPS) is 11.4. The zero-order chi connectivity index (χ0) is 37.3. The van der Waals surface area contributed by atoms with Gasteiger partial charge in [-0.25, -0.2) is 16.8 Å². The average Bonchev–Trinajstić information content (AvgIpc) is 3.10. The van der Waals surface area contributed by atoms with Crippen LogP contribution in [0, 0.1) is 0 Å². The van der Waals surface area contributed by atoms with E-state index in [0.717, 1.165) is 6.07 Å². The molecule has 4 aromatic carbocycles. The first-order chi connectivity index (χ1) is 24.9. The molecule has 55 heavy (non-hydrogen) atoms. The second-order valence-corrected chi connectivity index (χ2v) is 14.8. The molecule has 3 N–H and O–H groups in total. The van der Waals surface area contributed by atoms with Gasteiger partial charge in [-0.1, -0.05) is 12.1 Å². The molecule has 28 heteroatoms. The molecular formula is C27H19ClN7Na3O13S4. The van der Waals surface area contributed by atoms with Gasteiger partial charge < -0.3 is 30.8 Å². The Morgan fingerprint density at radius 1 is 0.836 bits per heavy atom. The van der Waals surface area contributed by atoms with Crippen LogP contribution in [-0.4, -0.2) is 53.8 Å². The van der Waals surface area contributed by atoms with Crippen molar-refractivity contribution in [2.75, 3.05) is 23.0 Å². The summed E-state index contributed by atoms with van der Waals surface area (Å²) in [6.07, 6.45) is 0. The Morgan fingerprint density at radius 2 is 1.51 bits per heavy atom. The first-order valence-electron chi connectivity index (χ1n) is 13.8. The standard InChI is InChI=1S/C27H22ClN7O13S4.3Na/c28-25-31-26(33-27(32-25)30-20-3-1-2-4-22(20)52(41,42)43)29-17-7-10-19-15(13-17)14-21(49-47-45-37)23(24(19)36)35-34-16-5-8-18(9-6-16)51(39,40)12-11-44-50-48-46-38;;;/h1-10,13-14,36-38H,11-12H2,(H,41,42,43)(H2,29,30,31,32,33);;;/q;3*+1/p-3. The molecule has 1 heterocycles. The Labute approximate surface area is 392 Å². The van der Waals surface area contributed by atoms with E-state index in [9.17, 15) is 37.0 Å². The van der Waals surface area contributed by atoms with Crippen molar-refractivity contribution in [2.45, 2.75) is 14.7 Å². The molecule has 0 bridgehead atoms. The fraction of sp³-hybridized carbons (Fsp3) is 0.0741. The number of sulfone groups is 1. The molecular weight excluding hydrogens is 863 g/mol. The van der Waals surface area contributed by atoms with Crippen LogP contribution < -0.4 is 110 Å². The molecule has 0 unspecified atom stereocenters. The van der Waals surface area contributed by atoms with Crippen molar-refractivity contribution in [1.29, 1.82) is 0 Å². The molecule has 0 saturated carbocycles. The van der Waals surface area contributed by atoms with Crippen LogP contribution in [-0.2, 0) is 42.9 Å². The van der Waals surface area contributed by atoms with Crippen molar-refractivity contribution < 1.29 is 149 Å².